The standard InChI is InChI=1S/C12H17N3O4/c1-15(11(18)13-7-10(17)8-16)12(19)14-9-5-3-2-4-6-9/h2-6,10,16-17H,7-8H2,1H3,(H,13,18)(H,14,19). The number of anilines is 1. The zero-order valence-corrected chi connectivity index (χ0v) is 10.5. The molecule has 1 aromatic carbocycles. The fraction of sp³-hybridized carbons (Fsp3) is 0.333. The molecule has 0 aliphatic carbocycles. The first-order chi connectivity index (χ1) is 9.04. The van der Waals surface area contributed by atoms with Gasteiger partial charge in [-0.05, 0) is 12.1 Å². The average molecular weight is 267 g/mol. The topological polar surface area (TPSA) is 102 Å². The molecule has 0 aliphatic heterocycles. The molecule has 0 bridgehead atoms. The fourth-order valence-electron chi connectivity index (χ4n) is 1.21. The molecule has 0 aliphatic rings. The van der Waals surface area contributed by atoms with Gasteiger partial charge in [0.1, 0.15) is 0 Å². The van der Waals surface area contributed by atoms with Gasteiger partial charge in [0.05, 0.1) is 12.7 Å². The molecule has 0 heterocycles. The maximum Gasteiger partial charge on any atom is 0.329 e. The molecular formula is C12H17N3O4. The number of hydrogen-bond donors (Lipinski definition) is 4. The van der Waals surface area contributed by atoms with Gasteiger partial charge in [0, 0.05) is 19.3 Å². The molecule has 4 amide bonds. The first kappa shape index (κ1) is 14.9. The van der Waals surface area contributed by atoms with Crippen molar-refractivity contribution in [3.8, 4) is 0 Å². The number of amides is 4. The molecule has 7 heteroatoms. The predicted molar refractivity (Wildman–Crippen MR) is 69.7 cm³/mol. The SMILES string of the molecule is CN(C(=O)NCC(O)CO)C(=O)Nc1ccccc1. The summed E-state index contributed by atoms with van der Waals surface area (Å²) in [6, 6.07) is 7.45. The highest BCUT2D eigenvalue weighted by molar-refractivity contribution is 6.00. The van der Waals surface area contributed by atoms with Crippen LogP contribution in [0, 0.1) is 0 Å². The van der Waals surface area contributed by atoms with Gasteiger partial charge in [-0.2, -0.15) is 0 Å². The van der Waals surface area contributed by atoms with E-state index in [9.17, 15) is 9.59 Å². The second-order valence-corrected chi connectivity index (χ2v) is 3.88. The molecule has 104 valence electrons. The summed E-state index contributed by atoms with van der Waals surface area (Å²) in [6.45, 7) is -0.585. The third kappa shape index (κ3) is 4.94. The molecule has 7 nitrogen and oxygen atoms in total. The summed E-state index contributed by atoms with van der Waals surface area (Å²) in [5, 5.41) is 22.5. The number of nitrogens with zero attached hydrogens (tertiary/aromatic N) is 1. The lowest BCUT2D eigenvalue weighted by Crippen LogP contribution is -2.45. The van der Waals surface area contributed by atoms with Crippen molar-refractivity contribution in [1.82, 2.24) is 10.2 Å². The lowest BCUT2D eigenvalue weighted by Gasteiger charge is -2.18. The van der Waals surface area contributed by atoms with Gasteiger partial charge >= 0.3 is 12.1 Å². The number of nitrogens with one attached hydrogen (secondary N) is 2. The highest BCUT2D eigenvalue weighted by atomic mass is 16.3. The van der Waals surface area contributed by atoms with E-state index in [-0.39, 0.29) is 6.54 Å². The summed E-state index contributed by atoms with van der Waals surface area (Å²) >= 11 is 0. The van der Waals surface area contributed by atoms with E-state index >= 15 is 0 Å². The smallest absolute Gasteiger partial charge is 0.329 e. The van der Waals surface area contributed by atoms with Crippen LogP contribution in [0.4, 0.5) is 15.3 Å². The largest absolute Gasteiger partial charge is 0.394 e. The zero-order chi connectivity index (χ0) is 14.3. The van der Waals surface area contributed by atoms with Crippen LogP contribution in [0.15, 0.2) is 30.3 Å². The van der Waals surface area contributed by atoms with Gasteiger partial charge in [-0.3, -0.25) is 0 Å². The van der Waals surface area contributed by atoms with E-state index < -0.39 is 24.8 Å². The minimum absolute atomic E-state index is 0.127. The lowest BCUT2D eigenvalue weighted by atomic mass is 10.3. The van der Waals surface area contributed by atoms with Crippen LogP contribution in [0.1, 0.15) is 0 Å². The molecule has 0 saturated heterocycles. The van der Waals surface area contributed by atoms with E-state index in [2.05, 4.69) is 10.6 Å². The van der Waals surface area contributed by atoms with Crippen molar-refractivity contribution in [2.24, 2.45) is 0 Å². The van der Waals surface area contributed by atoms with Crippen LogP contribution >= 0.6 is 0 Å². The highest BCUT2D eigenvalue weighted by Gasteiger charge is 2.17. The average Bonchev–Trinajstić information content (AvgIpc) is 2.44. The Bertz CT molecular complexity index is 424. The number of aliphatic hydroxyl groups is 2. The summed E-state index contributed by atoms with van der Waals surface area (Å²) < 4.78 is 0. The number of benzene rings is 1. The number of imide groups is 1. The third-order valence-corrected chi connectivity index (χ3v) is 2.33. The molecule has 1 rings (SSSR count). The molecule has 0 aromatic heterocycles. The predicted octanol–water partition coefficient (Wildman–Crippen LogP) is 0.213. The summed E-state index contributed by atoms with van der Waals surface area (Å²) in [6.07, 6.45) is -1.05. The lowest BCUT2D eigenvalue weighted by molar-refractivity contribution is 0.0949. The number of carbonyl (C=O) groups is 2. The van der Waals surface area contributed by atoms with Crippen LogP contribution in [0.2, 0.25) is 0 Å². The van der Waals surface area contributed by atoms with Crippen molar-refractivity contribution in [2.45, 2.75) is 6.10 Å². The Morgan fingerprint density at radius 2 is 1.89 bits per heavy atom. The van der Waals surface area contributed by atoms with E-state index in [0.29, 0.717) is 5.69 Å². The zero-order valence-electron chi connectivity index (χ0n) is 10.5. The summed E-state index contributed by atoms with van der Waals surface area (Å²) in [4.78, 5) is 24.1. The molecule has 19 heavy (non-hydrogen) atoms. The van der Waals surface area contributed by atoms with Crippen LogP contribution < -0.4 is 10.6 Å². The molecule has 1 unspecified atom stereocenters. The third-order valence-electron chi connectivity index (χ3n) is 2.33. The molecule has 0 spiro atoms. The van der Waals surface area contributed by atoms with Crippen LogP contribution in [0.5, 0.6) is 0 Å². The first-order valence-electron chi connectivity index (χ1n) is 5.71. The van der Waals surface area contributed by atoms with Gasteiger partial charge in [0.15, 0.2) is 0 Å². The highest BCUT2D eigenvalue weighted by Crippen LogP contribution is 2.05. The maximum absolute atomic E-state index is 11.7. The number of rotatable bonds is 4. The number of aliphatic hydroxyl groups excluding tert-OH is 2. The maximum atomic E-state index is 11.7. The Hall–Kier alpha value is -2.12. The van der Waals surface area contributed by atoms with Gasteiger partial charge in [-0.1, -0.05) is 18.2 Å². The molecule has 0 radical (unpaired) electrons. The van der Waals surface area contributed by atoms with E-state index in [1.165, 1.54) is 7.05 Å². The number of urea groups is 2. The van der Waals surface area contributed by atoms with E-state index in [4.69, 9.17) is 10.2 Å². The van der Waals surface area contributed by atoms with Crippen LogP contribution in [0.3, 0.4) is 0 Å². The quantitative estimate of drug-likeness (QED) is 0.626. The molecule has 4 N–H and O–H groups in total. The van der Waals surface area contributed by atoms with Crippen molar-refractivity contribution in [1.29, 1.82) is 0 Å². The molecule has 1 atom stereocenters. The van der Waals surface area contributed by atoms with Crippen LogP contribution in [0.25, 0.3) is 0 Å². The van der Waals surface area contributed by atoms with E-state index in [0.717, 1.165) is 4.90 Å². The molecular weight excluding hydrogens is 250 g/mol. The first-order valence-corrected chi connectivity index (χ1v) is 5.71. The van der Waals surface area contributed by atoms with E-state index in [1.54, 1.807) is 24.3 Å². The monoisotopic (exact) mass is 267 g/mol. The Morgan fingerprint density at radius 3 is 2.47 bits per heavy atom. The number of carbonyl (C=O) groups excluding carboxylic acids is 2. The van der Waals surface area contributed by atoms with Gasteiger partial charge in [0.25, 0.3) is 0 Å². The van der Waals surface area contributed by atoms with Gasteiger partial charge in [0.2, 0.25) is 0 Å². The van der Waals surface area contributed by atoms with Crippen molar-refractivity contribution in [3.63, 3.8) is 0 Å². The second-order valence-electron chi connectivity index (χ2n) is 3.88. The molecule has 0 saturated carbocycles. The summed E-state index contributed by atoms with van der Waals surface area (Å²) in [7, 11) is 1.30. The van der Waals surface area contributed by atoms with Crippen molar-refractivity contribution in [2.75, 3.05) is 25.5 Å². The normalized spacial score (nSPS) is 11.5. The summed E-state index contributed by atoms with van der Waals surface area (Å²) in [5.74, 6) is 0. The minimum Gasteiger partial charge on any atom is -0.394 e. The Kier molecular flexibility index (Phi) is 5.77. The Morgan fingerprint density at radius 1 is 1.26 bits per heavy atom. The van der Waals surface area contributed by atoms with Gasteiger partial charge in [-0.15, -0.1) is 0 Å². The van der Waals surface area contributed by atoms with Crippen LogP contribution in [-0.2, 0) is 0 Å². The van der Waals surface area contributed by atoms with Gasteiger partial charge < -0.3 is 20.8 Å². The molecule has 1 aromatic rings. The fourth-order valence-corrected chi connectivity index (χ4v) is 1.21. The van der Waals surface area contributed by atoms with E-state index in [1.807, 2.05) is 6.07 Å². The number of para-hydroxylation sites is 1. The Labute approximate surface area is 110 Å². The van der Waals surface area contributed by atoms with Gasteiger partial charge in [-0.25, -0.2) is 14.5 Å². The second kappa shape index (κ2) is 7.34. The van der Waals surface area contributed by atoms with Crippen molar-refractivity contribution in [3.05, 3.63) is 30.3 Å². The van der Waals surface area contributed by atoms with Crippen molar-refractivity contribution >= 4 is 17.7 Å². The van der Waals surface area contributed by atoms with Crippen molar-refractivity contribution < 1.29 is 19.8 Å². The minimum atomic E-state index is -1.05. The Balaban J connectivity index is 2.45. The number of hydrogen-bond acceptors (Lipinski definition) is 4. The molecule has 0 fully saturated rings. The summed E-state index contributed by atoms with van der Waals surface area (Å²) in [5.41, 5.74) is 0.572. The van der Waals surface area contributed by atoms with Crippen LogP contribution in [-0.4, -0.2) is 53.5 Å².